The van der Waals surface area contributed by atoms with Gasteiger partial charge in [-0.05, 0) is 12.1 Å². The fraction of sp³-hybridized carbons (Fsp3) is 0.455. The van der Waals surface area contributed by atoms with E-state index < -0.39 is 0 Å². The van der Waals surface area contributed by atoms with Gasteiger partial charge < -0.3 is 20.1 Å². The maximum atomic E-state index is 11.9. The molecule has 0 aliphatic carbocycles. The number of thiocarbonyl (C=S) groups is 1. The quantitative estimate of drug-likeness (QED) is 0.541. The van der Waals surface area contributed by atoms with E-state index in [4.69, 9.17) is 27.8 Å². The molecule has 0 saturated carbocycles. The second-order valence-electron chi connectivity index (χ2n) is 3.51. The monoisotopic (exact) mass is 256 g/mol. The number of rotatable bonds is 7. The average molecular weight is 256 g/mol. The highest BCUT2D eigenvalue weighted by Crippen LogP contribution is 2.03. The van der Waals surface area contributed by atoms with E-state index in [2.05, 4.69) is 0 Å². The highest BCUT2D eigenvalue weighted by atomic mass is 32.1. The molecule has 0 aliphatic heterocycles. The molecule has 1 rings (SSSR count). The van der Waals surface area contributed by atoms with Crippen molar-refractivity contribution in [3.63, 3.8) is 0 Å². The van der Waals surface area contributed by atoms with E-state index in [1.807, 2.05) is 0 Å². The molecular formula is C11H16N2O3S. The number of aromatic nitrogens is 1. The van der Waals surface area contributed by atoms with Gasteiger partial charge in [0.1, 0.15) is 0 Å². The van der Waals surface area contributed by atoms with Gasteiger partial charge in [-0.1, -0.05) is 12.2 Å². The summed E-state index contributed by atoms with van der Waals surface area (Å²) in [6.45, 7) is 0.818. The van der Waals surface area contributed by atoms with Crippen molar-refractivity contribution >= 4 is 17.2 Å². The zero-order valence-electron chi connectivity index (χ0n) is 9.46. The standard InChI is InChI=1S/C11H16N2O3S/c12-10(17)4-6-13-5-1-3-9(11(13)15)16-8-2-7-14/h1,3,5,14H,2,4,6-8H2,(H2,12,17). The van der Waals surface area contributed by atoms with E-state index in [1.165, 1.54) is 4.57 Å². The molecule has 0 bridgehead atoms. The van der Waals surface area contributed by atoms with Crippen molar-refractivity contribution in [2.45, 2.75) is 19.4 Å². The number of nitrogens with zero attached hydrogens (tertiary/aromatic N) is 1. The van der Waals surface area contributed by atoms with E-state index in [-0.39, 0.29) is 17.9 Å². The van der Waals surface area contributed by atoms with E-state index >= 15 is 0 Å². The fourth-order valence-electron chi connectivity index (χ4n) is 1.28. The van der Waals surface area contributed by atoms with Crippen LogP contribution in [0.5, 0.6) is 5.75 Å². The Morgan fingerprint density at radius 1 is 1.59 bits per heavy atom. The Bertz CT molecular complexity index is 431. The number of nitrogens with two attached hydrogens (primary N) is 1. The number of ether oxygens (including phenoxy) is 1. The molecule has 0 unspecified atom stereocenters. The van der Waals surface area contributed by atoms with Crippen molar-refractivity contribution in [1.82, 2.24) is 4.57 Å². The van der Waals surface area contributed by atoms with Crippen LogP contribution >= 0.6 is 12.2 Å². The molecule has 0 aromatic carbocycles. The third kappa shape index (κ3) is 4.54. The molecule has 0 radical (unpaired) electrons. The van der Waals surface area contributed by atoms with Gasteiger partial charge in [0.2, 0.25) is 0 Å². The fourth-order valence-corrected chi connectivity index (χ4v) is 1.37. The van der Waals surface area contributed by atoms with Gasteiger partial charge in [-0.25, -0.2) is 0 Å². The van der Waals surface area contributed by atoms with Crippen LogP contribution in [-0.4, -0.2) is 27.9 Å². The van der Waals surface area contributed by atoms with Crippen LogP contribution in [0.25, 0.3) is 0 Å². The van der Waals surface area contributed by atoms with Crippen molar-refractivity contribution in [3.8, 4) is 5.75 Å². The molecule has 6 heteroatoms. The third-order valence-electron chi connectivity index (χ3n) is 2.14. The van der Waals surface area contributed by atoms with Crippen molar-refractivity contribution in [1.29, 1.82) is 0 Å². The summed E-state index contributed by atoms with van der Waals surface area (Å²) in [7, 11) is 0. The molecule has 1 aromatic heterocycles. The number of aliphatic hydroxyl groups excluding tert-OH is 1. The van der Waals surface area contributed by atoms with E-state index in [0.29, 0.717) is 31.0 Å². The summed E-state index contributed by atoms with van der Waals surface area (Å²) in [5.74, 6) is 0.281. The number of aryl methyl sites for hydroxylation is 1. The first-order valence-electron chi connectivity index (χ1n) is 5.36. The molecule has 94 valence electrons. The summed E-state index contributed by atoms with van der Waals surface area (Å²) < 4.78 is 6.77. The molecule has 17 heavy (non-hydrogen) atoms. The van der Waals surface area contributed by atoms with Crippen LogP contribution in [-0.2, 0) is 6.54 Å². The molecule has 5 nitrogen and oxygen atoms in total. The van der Waals surface area contributed by atoms with Crippen LogP contribution in [0.4, 0.5) is 0 Å². The average Bonchev–Trinajstić information content (AvgIpc) is 2.30. The van der Waals surface area contributed by atoms with Crippen LogP contribution in [0.1, 0.15) is 12.8 Å². The molecule has 0 saturated heterocycles. The Labute approximate surface area is 105 Å². The topological polar surface area (TPSA) is 77.5 Å². The molecular weight excluding hydrogens is 240 g/mol. The molecule has 0 atom stereocenters. The summed E-state index contributed by atoms with van der Waals surface area (Å²) in [5, 5.41) is 8.62. The molecule has 0 amide bonds. The highest BCUT2D eigenvalue weighted by Gasteiger charge is 2.04. The predicted octanol–water partition coefficient (Wildman–Crippen LogP) is 0.286. The van der Waals surface area contributed by atoms with Gasteiger partial charge in [-0.15, -0.1) is 0 Å². The van der Waals surface area contributed by atoms with Gasteiger partial charge in [0.25, 0.3) is 5.56 Å². The van der Waals surface area contributed by atoms with Crippen molar-refractivity contribution < 1.29 is 9.84 Å². The van der Waals surface area contributed by atoms with Crippen molar-refractivity contribution in [2.75, 3.05) is 13.2 Å². The first-order valence-corrected chi connectivity index (χ1v) is 5.77. The summed E-state index contributed by atoms with van der Waals surface area (Å²) in [6.07, 6.45) is 2.65. The van der Waals surface area contributed by atoms with Crippen molar-refractivity contribution in [2.24, 2.45) is 5.73 Å². The number of aliphatic hydroxyl groups is 1. The first-order chi connectivity index (χ1) is 8.15. The van der Waals surface area contributed by atoms with Crippen LogP contribution < -0.4 is 16.0 Å². The number of pyridine rings is 1. The Hall–Kier alpha value is -1.40. The summed E-state index contributed by atoms with van der Waals surface area (Å²) in [4.78, 5) is 12.2. The second-order valence-corrected chi connectivity index (χ2v) is 4.04. The number of hydrogen-bond acceptors (Lipinski definition) is 4. The molecule has 1 heterocycles. The minimum absolute atomic E-state index is 0.0441. The van der Waals surface area contributed by atoms with E-state index in [9.17, 15) is 4.79 Å². The summed E-state index contributed by atoms with van der Waals surface area (Å²) >= 11 is 4.76. The lowest BCUT2D eigenvalue weighted by Gasteiger charge is -2.08. The molecule has 1 aromatic rings. The smallest absolute Gasteiger partial charge is 0.292 e. The van der Waals surface area contributed by atoms with Gasteiger partial charge in [0, 0.05) is 32.2 Å². The Kier molecular flexibility index (Phi) is 5.65. The molecule has 0 fully saturated rings. The largest absolute Gasteiger partial charge is 0.488 e. The van der Waals surface area contributed by atoms with Crippen LogP contribution in [0.2, 0.25) is 0 Å². The van der Waals surface area contributed by atoms with Crippen LogP contribution in [0.15, 0.2) is 23.1 Å². The van der Waals surface area contributed by atoms with Gasteiger partial charge >= 0.3 is 0 Å². The van der Waals surface area contributed by atoms with E-state index in [1.54, 1.807) is 18.3 Å². The molecule has 0 aliphatic rings. The molecule has 3 N–H and O–H groups in total. The zero-order chi connectivity index (χ0) is 12.7. The minimum atomic E-state index is -0.207. The number of hydrogen-bond donors (Lipinski definition) is 2. The molecule has 0 spiro atoms. The SMILES string of the molecule is NC(=S)CCn1cccc(OCCCO)c1=O. The second kappa shape index (κ2) is 7.03. The van der Waals surface area contributed by atoms with Crippen LogP contribution in [0, 0.1) is 0 Å². The Morgan fingerprint density at radius 2 is 2.35 bits per heavy atom. The van der Waals surface area contributed by atoms with Crippen LogP contribution in [0.3, 0.4) is 0 Å². The van der Waals surface area contributed by atoms with Crippen molar-refractivity contribution in [3.05, 3.63) is 28.7 Å². The lowest BCUT2D eigenvalue weighted by molar-refractivity contribution is 0.231. The lowest BCUT2D eigenvalue weighted by Crippen LogP contribution is -2.23. The summed E-state index contributed by atoms with van der Waals surface area (Å²) in [6, 6.07) is 3.34. The maximum Gasteiger partial charge on any atom is 0.292 e. The zero-order valence-corrected chi connectivity index (χ0v) is 10.3. The first kappa shape index (κ1) is 13.7. The summed E-state index contributed by atoms with van der Waals surface area (Å²) in [5.41, 5.74) is 5.18. The Morgan fingerprint density at radius 3 is 3.00 bits per heavy atom. The van der Waals surface area contributed by atoms with Gasteiger partial charge in [0.05, 0.1) is 11.6 Å². The maximum absolute atomic E-state index is 11.9. The lowest BCUT2D eigenvalue weighted by atomic mass is 10.4. The van der Waals surface area contributed by atoms with Gasteiger partial charge in [-0.2, -0.15) is 0 Å². The minimum Gasteiger partial charge on any atom is -0.488 e. The Balaban J connectivity index is 2.69. The van der Waals surface area contributed by atoms with Gasteiger partial charge in [-0.3, -0.25) is 4.79 Å². The highest BCUT2D eigenvalue weighted by molar-refractivity contribution is 7.80. The van der Waals surface area contributed by atoms with E-state index in [0.717, 1.165) is 0 Å². The van der Waals surface area contributed by atoms with Gasteiger partial charge in [0.15, 0.2) is 5.75 Å². The predicted molar refractivity (Wildman–Crippen MR) is 69.3 cm³/mol. The normalized spacial score (nSPS) is 10.2. The third-order valence-corrected chi connectivity index (χ3v) is 2.35.